The van der Waals surface area contributed by atoms with Gasteiger partial charge in [0.15, 0.2) is 11.5 Å². The Morgan fingerprint density at radius 1 is 1.14 bits per heavy atom. The summed E-state index contributed by atoms with van der Waals surface area (Å²) in [5.41, 5.74) is 1.59. The molecule has 1 atom stereocenters. The monoisotopic (exact) mass is 361 g/mol. The molecule has 1 aliphatic rings. The summed E-state index contributed by atoms with van der Waals surface area (Å²) in [7, 11) is 0. The minimum absolute atomic E-state index is 0.116. The third-order valence-electron chi connectivity index (χ3n) is 3.53. The molecule has 5 heteroatoms. The topological polar surface area (TPSA) is 47.6 Å². The van der Waals surface area contributed by atoms with Crippen molar-refractivity contribution in [1.29, 1.82) is 0 Å². The van der Waals surface area contributed by atoms with Crippen LogP contribution in [0.3, 0.4) is 0 Å². The van der Waals surface area contributed by atoms with E-state index in [1.165, 1.54) is 0 Å². The molecule has 0 unspecified atom stereocenters. The Kier molecular flexibility index (Phi) is 4.34. The Hall–Kier alpha value is -2.01. The van der Waals surface area contributed by atoms with Crippen LogP contribution in [0.25, 0.3) is 0 Å². The molecule has 0 saturated carbocycles. The zero-order chi connectivity index (χ0) is 15.5. The number of halogens is 1. The summed E-state index contributed by atoms with van der Waals surface area (Å²) >= 11 is 3.39. The average Bonchev–Trinajstić information content (AvgIpc) is 2.54. The Balaban J connectivity index is 1.76. The summed E-state index contributed by atoms with van der Waals surface area (Å²) in [6.45, 7) is 3.06. The second-order valence-corrected chi connectivity index (χ2v) is 5.93. The lowest BCUT2D eigenvalue weighted by Crippen LogP contribution is -2.27. The lowest BCUT2D eigenvalue weighted by atomic mass is 10.1. The number of nitrogens with one attached hydrogen (secondary N) is 1. The van der Waals surface area contributed by atoms with Gasteiger partial charge in [-0.05, 0) is 52.7 Å². The predicted octanol–water partition coefficient (Wildman–Crippen LogP) is 3.71. The fourth-order valence-corrected chi connectivity index (χ4v) is 2.80. The maximum Gasteiger partial charge on any atom is 0.252 e. The van der Waals surface area contributed by atoms with Gasteiger partial charge in [-0.3, -0.25) is 4.79 Å². The second kappa shape index (κ2) is 6.40. The van der Waals surface area contributed by atoms with Gasteiger partial charge in [-0.25, -0.2) is 0 Å². The van der Waals surface area contributed by atoms with E-state index < -0.39 is 0 Å². The van der Waals surface area contributed by atoms with E-state index in [-0.39, 0.29) is 11.9 Å². The quantitative estimate of drug-likeness (QED) is 0.906. The molecular formula is C17H16BrNO3. The first-order valence-corrected chi connectivity index (χ1v) is 7.89. The second-order valence-electron chi connectivity index (χ2n) is 5.08. The van der Waals surface area contributed by atoms with Gasteiger partial charge in [0.1, 0.15) is 13.2 Å². The van der Waals surface area contributed by atoms with Gasteiger partial charge in [-0.1, -0.05) is 18.2 Å². The SMILES string of the molecule is C[C@H](NC(=O)c1ccccc1Br)c1ccc2c(c1)OCCO2. The van der Waals surface area contributed by atoms with Crippen molar-refractivity contribution in [3.63, 3.8) is 0 Å². The van der Waals surface area contributed by atoms with E-state index in [0.29, 0.717) is 18.8 Å². The van der Waals surface area contributed by atoms with Gasteiger partial charge in [-0.2, -0.15) is 0 Å². The third kappa shape index (κ3) is 3.09. The van der Waals surface area contributed by atoms with Gasteiger partial charge in [0, 0.05) is 4.47 Å². The molecule has 22 heavy (non-hydrogen) atoms. The van der Waals surface area contributed by atoms with Crippen LogP contribution >= 0.6 is 15.9 Å². The molecule has 1 N–H and O–H groups in total. The van der Waals surface area contributed by atoms with E-state index in [0.717, 1.165) is 21.5 Å². The molecule has 0 aromatic heterocycles. The first-order chi connectivity index (χ1) is 10.6. The standard InChI is InChI=1S/C17H16BrNO3/c1-11(19-17(20)13-4-2-3-5-14(13)18)12-6-7-15-16(10-12)22-9-8-21-15/h2-7,10-11H,8-9H2,1H3,(H,19,20)/t11-/m0/s1. The number of hydrogen-bond donors (Lipinski definition) is 1. The van der Waals surface area contributed by atoms with E-state index in [1.54, 1.807) is 6.07 Å². The molecule has 0 bridgehead atoms. The van der Waals surface area contributed by atoms with Gasteiger partial charge < -0.3 is 14.8 Å². The molecule has 2 aromatic carbocycles. The average molecular weight is 362 g/mol. The lowest BCUT2D eigenvalue weighted by Gasteiger charge is -2.21. The van der Waals surface area contributed by atoms with E-state index in [2.05, 4.69) is 21.2 Å². The van der Waals surface area contributed by atoms with Crippen molar-refractivity contribution in [2.24, 2.45) is 0 Å². The molecule has 1 heterocycles. The molecule has 0 saturated heterocycles. The first-order valence-electron chi connectivity index (χ1n) is 7.10. The number of fused-ring (bicyclic) bond motifs is 1. The summed E-state index contributed by atoms with van der Waals surface area (Å²) < 4.78 is 11.9. The highest BCUT2D eigenvalue weighted by atomic mass is 79.9. The minimum Gasteiger partial charge on any atom is -0.486 e. The van der Waals surface area contributed by atoms with Gasteiger partial charge >= 0.3 is 0 Å². The summed E-state index contributed by atoms with van der Waals surface area (Å²) in [5.74, 6) is 1.36. The summed E-state index contributed by atoms with van der Waals surface area (Å²) in [6, 6.07) is 13.0. The van der Waals surface area contributed by atoms with E-state index in [9.17, 15) is 4.79 Å². The van der Waals surface area contributed by atoms with Gasteiger partial charge in [0.25, 0.3) is 5.91 Å². The van der Waals surface area contributed by atoms with Crippen molar-refractivity contribution in [1.82, 2.24) is 5.32 Å². The molecule has 2 aromatic rings. The van der Waals surface area contributed by atoms with Gasteiger partial charge in [0.05, 0.1) is 11.6 Å². The van der Waals surface area contributed by atoms with Crippen LogP contribution in [0, 0.1) is 0 Å². The maximum absolute atomic E-state index is 12.3. The molecule has 0 radical (unpaired) electrons. The van der Waals surface area contributed by atoms with E-state index in [1.807, 2.05) is 43.3 Å². The summed E-state index contributed by atoms with van der Waals surface area (Å²) in [4.78, 5) is 12.3. The molecule has 4 nitrogen and oxygen atoms in total. The van der Waals surface area contributed by atoms with Crippen molar-refractivity contribution in [2.45, 2.75) is 13.0 Å². The Morgan fingerprint density at radius 3 is 2.64 bits per heavy atom. The van der Waals surface area contributed by atoms with Gasteiger partial charge in [0.2, 0.25) is 0 Å². The van der Waals surface area contributed by atoms with Crippen molar-refractivity contribution < 1.29 is 14.3 Å². The van der Waals surface area contributed by atoms with Crippen molar-refractivity contribution in [3.05, 3.63) is 58.1 Å². The Morgan fingerprint density at radius 2 is 1.86 bits per heavy atom. The van der Waals surface area contributed by atoms with E-state index >= 15 is 0 Å². The van der Waals surface area contributed by atoms with Crippen LogP contribution in [0.2, 0.25) is 0 Å². The van der Waals surface area contributed by atoms with Gasteiger partial charge in [-0.15, -0.1) is 0 Å². The van der Waals surface area contributed by atoms with Crippen molar-refractivity contribution in [3.8, 4) is 11.5 Å². The zero-order valence-corrected chi connectivity index (χ0v) is 13.7. The third-order valence-corrected chi connectivity index (χ3v) is 4.22. The molecule has 114 valence electrons. The van der Waals surface area contributed by atoms with Crippen LogP contribution in [0.15, 0.2) is 46.9 Å². The Labute approximate surface area is 137 Å². The highest BCUT2D eigenvalue weighted by Crippen LogP contribution is 2.32. The normalized spacial score (nSPS) is 14.3. The lowest BCUT2D eigenvalue weighted by molar-refractivity contribution is 0.0939. The smallest absolute Gasteiger partial charge is 0.252 e. The minimum atomic E-state index is -0.129. The fourth-order valence-electron chi connectivity index (χ4n) is 2.33. The molecule has 1 aliphatic heterocycles. The Bertz CT molecular complexity index is 702. The number of amides is 1. The highest BCUT2D eigenvalue weighted by Gasteiger charge is 2.17. The number of rotatable bonds is 3. The van der Waals surface area contributed by atoms with Crippen molar-refractivity contribution >= 4 is 21.8 Å². The van der Waals surface area contributed by atoms with Crippen LogP contribution in [-0.2, 0) is 0 Å². The van der Waals surface area contributed by atoms with Crippen LogP contribution in [-0.4, -0.2) is 19.1 Å². The predicted molar refractivity (Wildman–Crippen MR) is 87.5 cm³/mol. The summed E-state index contributed by atoms with van der Waals surface area (Å²) in [6.07, 6.45) is 0. The van der Waals surface area contributed by atoms with E-state index in [4.69, 9.17) is 9.47 Å². The number of ether oxygens (including phenoxy) is 2. The van der Waals surface area contributed by atoms with Crippen LogP contribution < -0.4 is 14.8 Å². The van der Waals surface area contributed by atoms with Crippen LogP contribution in [0.4, 0.5) is 0 Å². The largest absolute Gasteiger partial charge is 0.486 e. The fraction of sp³-hybridized carbons (Fsp3) is 0.235. The maximum atomic E-state index is 12.3. The first kappa shape index (κ1) is 14.9. The number of hydrogen-bond acceptors (Lipinski definition) is 3. The molecule has 3 rings (SSSR count). The van der Waals surface area contributed by atoms with Crippen LogP contribution in [0.1, 0.15) is 28.9 Å². The molecule has 0 spiro atoms. The number of carbonyl (C=O) groups excluding carboxylic acids is 1. The zero-order valence-electron chi connectivity index (χ0n) is 12.1. The number of carbonyl (C=O) groups is 1. The molecule has 0 aliphatic carbocycles. The highest BCUT2D eigenvalue weighted by molar-refractivity contribution is 9.10. The molecular weight excluding hydrogens is 346 g/mol. The molecule has 1 amide bonds. The number of benzene rings is 2. The summed E-state index contributed by atoms with van der Waals surface area (Å²) in [5, 5.41) is 2.99. The molecule has 0 fully saturated rings. The van der Waals surface area contributed by atoms with Crippen molar-refractivity contribution in [2.75, 3.05) is 13.2 Å². The van der Waals surface area contributed by atoms with Crippen LogP contribution in [0.5, 0.6) is 11.5 Å².